The van der Waals surface area contributed by atoms with Gasteiger partial charge in [-0.2, -0.15) is 5.26 Å². The van der Waals surface area contributed by atoms with Crippen molar-refractivity contribution in [2.24, 2.45) is 10.9 Å². The van der Waals surface area contributed by atoms with Crippen LogP contribution >= 0.6 is 0 Å². The van der Waals surface area contributed by atoms with Crippen molar-refractivity contribution in [1.29, 1.82) is 5.26 Å². The molecule has 0 saturated heterocycles. The lowest BCUT2D eigenvalue weighted by atomic mass is 9.92. The molecule has 0 saturated carbocycles. The van der Waals surface area contributed by atoms with E-state index in [2.05, 4.69) is 16.0 Å². The van der Waals surface area contributed by atoms with E-state index in [9.17, 15) is 4.79 Å². The fourth-order valence-electron chi connectivity index (χ4n) is 3.25. The molecule has 0 amide bonds. The molecule has 0 fully saturated rings. The first-order valence-electron chi connectivity index (χ1n) is 8.16. The minimum absolute atomic E-state index is 0.0986. The Kier molecular flexibility index (Phi) is 3.83. The van der Waals surface area contributed by atoms with E-state index in [0.717, 1.165) is 22.0 Å². The van der Waals surface area contributed by atoms with Gasteiger partial charge < -0.3 is 0 Å². The highest BCUT2D eigenvalue weighted by molar-refractivity contribution is 6.04. The molecule has 0 bridgehead atoms. The number of aromatic nitrogens is 1. The van der Waals surface area contributed by atoms with Gasteiger partial charge in [0.25, 0.3) is 0 Å². The van der Waals surface area contributed by atoms with Gasteiger partial charge in [-0.1, -0.05) is 36.4 Å². The van der Waals surface area contributed by atoms with Crippen LogP contribution in [0.15, 0.2) is 65.8 Å². The molecule has 3 aromatic rings. The van der Waals surface area contributed by atoms with E-state index in [1.54, 1.807) is 18.5 Å². The van der Waals surface area contributed by atoms with Crippen molar-refractivity contribution in [3.8, 4) is 6.07 Å². The molecule has 0 spiro atoms. The van der Waals surface area contributed by atoms with Crippen LogP contribution in [0.3, 0.4) is 0 Å². The number of pyridine rings is 1. The van der Waals surface area contributed by atoms with Gasteiger partial charge in [-0.3, -0.25) is 14.8 Å². The second-order valence-corrected chi connectivity index (χ2v) is 6.13. The normalized spacial score (nSPS) is 19.2. The summed E-state index contributed by atoms with van der Waals surface area (Å²) in [6, 6.07) is 18.8. The van der Waals surface area contributed by atoms with Crippen LogP contribution in [0.5, 0.6) is 0 Å². The highest BCUT2D eigenvalue weighted by Gasteiger charge is 2.32. The summed E-state index contributed by atoms with van der Waals surface area (Å²) in [4.78, 5) is 21.6. The number of carbonyl (C=O) groups excluding carboxylic acids is 1. The van der Waals surface area contributed by atoms with Gasteiger partial charge in [0.2, 0.25) is 0 Å². The first-order valence-corrected chi connectivity index (χ1v) is 8.16. The molecule has 4 rings (SSSR count). The number of nitrogens with zero attached hydrogens (tertiary/aromatic N) is 3. The van der Waals surface area contributed by atoms with Crippen LogP contribution in [0.2, 0.25) is 0 Å². The number of aliphatic imine (C=N–C) groups is 1. The Morgan fingerprint density at radius 1 is 1.08 bits per heavy atom. The fourth-order valence-corrected chi connectivity index (χ4v) is 3.25. The first-order chi connectivity index (χ1) is 12.3. The molecule has 1 aliphatic rings. The molecule has 2 unspecified atom stereocenters. The quantitative estimate of drug-likeness (QED) is 0.738. The van der Waals surface area contributed by atoms with Crippen LogP contribution in [0, 0.1) is 17.2 Å². The predicted molar refractivity (Wildman–Crippen MR) is 96.3 cm³/mol. The number of fused-ring (bicyclic) bond motifs is 1. The van der Waals surface area contributed by atoms with Crippen LogP contribution in [0.4, 0.5) is 0 Å². The Morgan fingerprint density at radius 3 is 2.72 bits per heavy atom. The van der Waals surface area contributed by atoms with Gasteiger partial charge in [0, 0.05) is 29.9 Å². The van der Waals surface area contributed by atoms with Gasteiger partial charge in [0.1, 0.15) is 6.04 Å². The molecule has 1 aromatic heterocycles. The largest absolute Gasteiger partial charge is 0.296 e. The minimum Gasteiger partial charge on any atom is -0.296 e. The van der Waals surface area contributed by atoms with Crippen molar-refractivity contribution in [3.05, 3.63) is 77.6 Å². The van der Waals surface area contributed by atoms with E-state index < -0.39 is 6.04 Å². The number of ketones is 1. The molecule has 0 N–H and O–H groups in total. The molecule has 120 valence electrons. The van der Waals surface area contributed by atoms with Crippen molar-refractivity contribution in [3.63, 3.8) is 0 Å². The van der Waals surface area contributed by atoms with E-state index >= 15 is 0 Å². The molecular formula is C21H15N3O. The lowest BCUT2D eigenvalue weighted by Crippen LogP contribution is -2.18. The van der Waals surface area contributed by atoms with Crippen molar-refractivity contribution in [2.45, 2.75) is 12.5 Å². The Morgan fingerprint density at radius 2 is 1.92 bits per heavy atom. The second kappa shape index (κ2) is 6.29. The lowest BCUT2D eigenvalue weighted by Gasteiger charge is -2.11. The van der Waals surface area contributed by atoms with E-state index in [0.29, 0.717) is 12.0 Å². The smallest absolute Gasteiger partial charge is 0.170 e. The lowest BCUT2D eigenvalue weighted by molar-refractivity contribution is -0.121. The molecule has 1 aliphatic heterocycles. The highest BCUT2D eigenvalue weighted by Crippen LogP contribution is 2.29. The van der Waals surface area contributed by atoms with Crippen molar-refractivity contribution in [2.75, 3.05) is 0 Å². The molecule has 25 heavy (non-hydrogen) atoms. The molecule has 4 heteroatoms. The third kappa shape index (κ3) is 2.81. The van der Waals surface area contributed by atoms with E-state index in [4.69, 9.17) is 5.26 Å². The zero-order valence-corrected chi connectivity index (χ0v) is 13.5. The third-order valence-electron chi connectivity index (χ3n) is 4.56. The number of Topliss-reactive ketones (excluding diaryl/α,β-unsaturated/α-hetero) is 1. The van der Waals surface area contributed by atoms with Gasteiger partial charge in [0.15, 0.2) is 5.78 Å². The number of nitriles is 1. The molecule has 2 atom stereocenters. The Hall–Kier alpha value is -3.32. The number of hydrogen-bond donors (Lipinski definition) is 0. The summed E-state index contributed by atoms with van der Waals surface area (Å²) in [5, 5.41) is 11.1. The molecule has 2 heterocycles. The molecule has 2 aromatic carbocycles. The summed E-state index contributed by atoms with van der Waals surface area (Å²) in [5.74, 6) is -0.185. The van der Waals surface area contributed by atoms with Crippen LogP contribution in [0.1, 0.15) is 22.9 Å². The summed E-state index contributed by atoms with van der Waals surface area (Å²) in [5.41, 5.74) is 2.34. The van der Waals surface area contributed by atoms with Crippen molar-refractivity contribution < 1.29 is 4.79 Å². The number of carbonyl (C=O) groups is 1. The standard InChI is InChI=1S/C21H15N3O/c22-12-14-6-7-15-8-9-23-19(18(15)10-14)11-17-13-24-20(21(17)25)16-4-2-1-3-5-16/h1-10,13,17,20H,11H2. The second-order valence-electron chi connectivity index (χ2n) is 6.13. The van der Waals surface area contributed by atoms with Crippen LogP contribution in [-0.2, 0) is 11.2 Å². The van der Waals surface area contributed by atoms with E-state index in [-0.39, 0.29) is 11.7 Å². The van der Waals surface area contributed by atoms with Gasteiger partial charge in [-0.25, -0.2) is 0 Å². The maximum atomic E-state index is 12.8. The van der Waals surface area contributed by atoms with Crippen molar-refractivity contribution in [1.82, 2.24) is 4.98 Å². The van der Waals surface area contributed by atoms with Gasteiger partial charge in [-0.15, -0.1) is 0 Å². The summed E-state index contributed by atoms with van der Waals surface area (Å²) >= 11 is 0. The average molecular weight is 325 g/mol. The van der Waals surface area contributed by atoms with Crippen LogP contribution < -0.4 is 0 Å². The van der Waals surface area contributed by atoms with Crippen molar-refractivity contribution >= 4 is 22.8 Å². The van der Waals surface area contributed by atoms with Crippen LogP contribution in [0.25, 0.3) is 10.8 Å². The topological polar surface area (TPSA) is 66.1 Å². The summed E-state index contributed by atoms with van der Waals surface area (Å²) in [6.07, 6.45) is 3.99. The molecule has 4 nitrogen and oxygen atoms in total. The Labute approximate surface area is 145 Å². The molecule has 0 aliphatic carbocycles. The minimum atomic E-state index is -0.421. The van der Waals surface area contributed by atoms with Crippen LogP contribution in [-0.4, -0.2) is 17.0 Å². The van der Waals surface area contributed by atoms with Gasteiger partial charge in [0.05, 0.1) is 17.6 Å². The first kappa shape index (κ1) is 15.2. The maximum absolute atomic E-state index is 12.8. The SMILES string of the molecule is N#Cc1ccc2ccnc(CC3C=NC(c4ccccc4)C3=O)c2c1. The average Bonchev–Trinajstić information content (AvgIpc) is 3.03. The van der Waals surface area contributed by atoms with E-state index in [1.165, 1.54) is 0 Å². The number of rotatable bonds is 3. The summed E-state index contributed by atoms with van der Waals surface area (Å²) < 4.78 is 0. The fraction of sp³-hybridized carbons (Fsp3) is 0.143. The zero-order chi connectivity index (χ0) is 17.2. The summed E-state index contributed by atoms with van der Waals surface area (Å²) in [7, 11) is 0. The third-order valence-corrected chi connectivity index (χ3v) is 4.56. The Bertz CT molecular complexity index is 1020. The Balaban J connectivity index is 1.63. The number of benzene rings is 2. The molecular weight excluding hydrogens is 310 g/mol. The van der Waals surface area contributed by atoms with E-state index in [1.807, 2.05) is 48.5 Å². The zero-order valence-electron chi connectivity index (χ0n) is 13.5. The highest BCUT2D eigenvalue weighted by atomic mass is 16.1. The van der Waals surface area contributed by atoms with Gasteiger partial charge in [-0.05, 0) is 29.1 Å². The predicted octanol–water partition coefficient (Wildman–Crippen LogP) is 3.66. The maximum Gasteiger partial charge on any atom is 0.170 e. The molecule has 0 radical (unpaired) electrons. The van der Waals surface area contributed by atoms with Gasteiger partial charge >= 0.3 is 0 Å². The number of hydrogen-bond acceptors (Lipinski definition) is 4. The monoisotopic (exact) mass is 325 g/mol. The summed E-state index contributed by atoms with van der Waals surface area (Å²) in [6.45, 7) is 0.